The van der Waals surface area contributed by atoms with Gasteiger partial charge in [-0.2, -0.15) is 0 Å². The number of hydrogen-bond donors (Lipinski definition) is 0. The van der Waals surface area contributed by atoms with Gasteiger partial charge in [0.2, 0.25) is 0 Å². The smallest absolute Gasteiger partial charge is 0.323 e. The Morgan fingerprint density at radius 1 is 1.07 bits per heavy atom. The molecule has 29 heavy (non-hydrogen) atoms. The first kappa shape index (κ1) is 24.0. The highest BCUT2D eigenvalue weighted by molar-refractivity contribution is 7.99. The Hall–Kier alpha value is -1.31. The molecule has 1 aliphatic carbocycles. The van der Waals surface area contributed by atoms with Crippen molar-refractivity contribution in [2.45, 2.75) is 62.7 Å². The molecule has 1 aromatic carbocycles. The summed E-state index contributed by atoms with van der Waals surface area (Å²) in [7, 11) is 0.558. The van der Waals surface area contributed by atoms with Gasteiger partial charge in [-0.05, 0) is 49.0 Å². The number of benzene rings is 1. The van der Waals surface area contributed by atoms with Gasteiger partial charge in [0.1, 0.15) is 0 Å². The SMILES string of the molecule is COC(=O)C1(C(=O)OC)CC(CSc2ccccc2)[C@@H](O[Si](C)(C)C(C)(C)C)C1. The molecule has 0 aromatic heterocycles. The van der Waals surface area contributed by atoms with E-state index in [9.17, 15) is 9.59 Å². The molecule has 1 aromatic rings. The van der Waals surface area contributed by atoms with Crippen molar-refractivity contribution in [1.82, 2.24) is 0 Å². The van der Waals surface area contributed by atoms with Crippen molar-refractivity contribution < 1.29 is 23.5 Å². The number of carbonyl (C=O) groups excluding carboxylic acids is 2. The van der Waals surface area contributed by atoms with Crippen LogP contribution in [0.3, 0.4) is 0 Å². The van der Waals surface area contributed by atoms with Crippen LogP contribution < -0.4 is 0 Å². The molecular weight excluding hydrogens is 404 g/mol. The van der Waals surface area contributed by atoms with Gasteiger partial charge in [0.25, 0.3) is 0 Å². The first-order chi connectivity index (χ1) is 13.5. The molecule has 7 heteroatoms. The lowest BCUT2D eigenvalue weighted by Crippen LogP contribution is -2.45. The zero-order valence-corrected chi connectivity index (χ0v) is 20.4. The minimum absolute atomic E-state index is 0.0336. The van der Waals surface area contributed by atoms with Crippen LogP contribution in [-0.2, 0) is 23.5 Å². The second-order valence-corrected chi connectivity index (χ2v) is 15.1. The Labute approximate surface area is 180 Å². The Balaban J connectivity index is 2.32. The third kappa shape index (κ3) is 5.24. The number of hydrogen-bond acceptors (Lipinski definition) is 6. The van der Waals surface area contributed by atoms with Crippen molar-refractivity contribution in [3.63, 3.8) is 0 Å². The summed E-state index contributed by atoms with van der Waals surface area (Å²) in [6, 6.07) is 10.1. The van der Waals surface area contributed by atoms with E-state index in [1.807, 2.05) is 18.2 Å². The topological polar surface area (TPSA) is 61.8 Å². The average Bonchev–Trinajstić information content (AvgIpc) is 3.03. The lowest BCUT2D eigenvalue weighted by Gasteiger charge is -2.40. The number of thioether (sulfide) groups is 1. The molecule has 0 amide bonds. The Morgan fingerprint density at radius 2 is 1.62 bits per heavy atom. The summed E-state index contributed by atoms with van der Waals surface area (Å²) in [4.78, 5) is 26.5. The van der Waals surface area contributed by atoms with E-state index in [1.165, 1.54) is 14.2 Å². The molecule has 0 aliphatic heterocycles. The van der Waals surface area contributed by atoms with Crippen LogP contribution in [0.2, 0.25) is 18.1 Å². The van der Waals surface area contributed by atoms with Crippen molar-refractivity contribution in [1.29, 1.82) is 0 Å². The van der Waals surface area contributed by atoms with E-state index in [4.69, 9.17) is 13.9 Å². The maximum Gasteiger partial charge on any atom is 0.323 e. The first-order valence-electron chi connectivity index (χ1n) is 9.99. The molecule has 162 valence electrons. The molecule has 5 nitrogen and oxygen atoms in total. The van der Waals surface area contributed by atoms with Crippen molar-refractivity contribution in [2.75, 3.05) is 20.0 Å². The number of methoxy groups -OCH3 is 2. The maximum absolute atomic E-state index is 12.7. The highest BCUT2D eigenvalue weighted by Gasteiger charge is 2.58. The number of carbonyl (C=O) groups is 2. The van der Waals surface area contributed by atoms with Gasteiger partial charge < -0.3 is 13.9 Å². The van der Waals surface area contributed by atoms with Gasteiger partial charge >= 0.3 is 11.9 Å². The summed E-state index contributed by atoms with van der Waals surface area (Å²) >= 11 is 1.73. The largest absolute Gasteiger partial charge is 0.468 e. The molecule has 0 heterocycles. The summed E-state index contributed by atoms with van der Waals surface area (Å²) in [5, 5.41) is 0.0336. The van der Waals surface area contributed by atoms with Crippen LogP contribution in [0.5, 0.6) is 0 Å². The van der Waals surface area contributed by atoms with Crippen molar-refractivity contribution >= 4 is 32.0 Å². The molecule has 1 aliphatic rings. The lowest BCUT2D eigenvalue weighted by molar-refractivity contribution is -0.169. The third-order valence-corrected chi connectivity index (χ3v) is 12.0. The van der Waals surface area contributed by atoms with E-state index in [1.54, 1.807) is 11.8 Å². The number of rotatable bonds is 7. The van der Waals surface area contributed by atoms with Gasteiger partial charge in [0.15, 0.2) is 13.7 Å². The van der Waals surface area contributed by atoms with E-state index < -0.39 is 25.7 Å². The highest BCUT2D eigenvalue weighted by atomic mass is 32.2. The summed E-state index contributed by atoms with van der Waals surface area (Å²) in [5.41, 5.74) is -1.29. The average molecular weight is 439 g/mol. The van der Waals surface area contributed by atoms with E-state index in [0.717, 1.165) is 10.6 Å². The maximum atomic E-state index is 12.7. The van der Waals surface area contributed by atoms with Crippen LogP contribution in [0.4, 0.5) is 0 Å². The normalized spacial score (nSPS) is 21.6. The predicted molar refractivity (Wildman–Crippen MR) is 118 cm³/mol. The van der Waals surface area contributed by atoms with Crippen LogP contribution in [0.25, 0.3) is 0 Å². The fourth-order valence-electron chi connectivity index (χ4n) is 3.56. The number of esters is 2. The molecule has 1 fully saturated rings. The zero-order valence-electron chi connectivity index (χ0n) is 18.6. The lowest BCUT2D eigenvalue weighted by atomic mass is 9.85. The fourth-order valence-corrected chi connectivity index (χ4v) is 6.03. The predicted octanol–water partition coefficient (Wildman–Crippen LogP) is 4.91. The van der Waals surface area contributed by atoms with Crippen LogP contribution in [0.15, 0.2) is 35.2 Å². The van der Waals surface area contributed by atoms with Crippen LogP contribution >= 0.6 is 11.8 Å². The van der Waals surface area contributed by atoms with E-state index in [-0.39, 0.29) is 17.1 Å². The second-order valence-electron chi connectivity index (χ2n) is 9.27. The first-order valence-corrected chi connectivity index (χ1v) is 13.9. The van der Waals surface area contributed by atoms with Crippen LogP contribution in [-0.4, -0.2) is 46.3 Å². The van der Waals surface area contributed by atoms with E-state index >= 15 is 0 Å². The summed E-state index contributed by atoms with van der Waals surface area (Å²) in [6.45, 7) is 11.0. The van der Waals surface area contributed by atoms with Gasteiger partial charge in [0.05, 0.1) is 20.3 Å². The molecule has 0 radical (unpaired) electrons. The molecule has 2 atom stereocenters. The van der Waals surface area contributed by atoms with E-state index in [0.29, 0.717) is 12.8 Å². The minimum atomic E-state index is -2.09. The molecule has 2 rings (SSSR count). The second kappa shape index (κ2) is 9.23. The summed E-state index contributed by atoms with van der Waals surface area (Å²) < 4.78 is 16.8. The van der Waals surface area contributed by atoms with Gasteiger partial charge in [-0.15, -0.1) is 11.8 Å². The van der Waals surface area contributed by atoms with E-state index in [2.05, 4.69) is 46.0 Å². The Bertz CT molecular complexity index is 698. The van der Waals surface area contributed by atoms with Gasteiger partial charge in [-0.25, -0.2) is 0 Å². The molecule has 0 spiro atoms. The molecule has 0 saturated heterocycles. The van der Waals surface area contributed by atoms with Crippen molar-refractivity contribution in [2.24, 2.45) is 11.3 Å². The minimum Gasteiger partial charge on any atom is -0.468 e. The van der Waals surface area contributed by atoms with Gasteiger partial charge in [-0.3, -0.25) is 9.59 Å². The van der Waals surface area contributed by atoms with Crippen molar-refractivity contribution in [3.05, 3.63) is 30.3 Å². The molecule has 0 N–H and O–H groups in total. The molecule has 0 bridgehead atoms. The molecular formula is C22H34O5SSi. The fraction of sp³-hybridized carbons (Fsp3) is 0.636. The zero-order chi connectivity index (χ0) is 21.9. The Morgan fingerprint density at radius 3 is 2.10 bits per heavy atom. The molecule has 1 saturated carbocycles. The summed E-state index contributed by atoms with van der Waals surface area (Å²) in [5.74, 6) is -0.243. The summed E-state index contributed by atoms with van der Waals surface area (Å²) in [6.07, 6.45) is 0.495. The third-order valence-electron chi connectivity index (χ3n) is 6.30. The highest BCUT2D eigenvalue weighted by Crippen LogP contribution is 2.49. The Kier molecular flexibility index (Phi) is 7.62. The number of ether oxygens (including phenoxy) is 2. The quantitative estimate of drug-likeness (QED) is 0.261. The van der Waals surface area contributed by atoms with Crippen LogP contribution in [0.1, 0.15) is 33.6 Å². The monoisotopic (exact) mass is 438 g/mol. The molecule has 1 unspecified atom stereocenters. The van der Waals surface area contributed by atoms with Crippen molar-refractivity contribution in [3.8, 4) is 0 Å². The van der Waals surface area contributed by atoms with Gasteiger partial charge in [-0.1, -0.05) is 39.0 Å². The van der Waals surface area contributed by atoms with Gasteiger partial charge in [0, 0.05) is 10.6 Å². The van der Waals surface area contributed by atoms with Crippen LogP contribution in [0, 0.1) is 11.3 Å². The standard InChI is InChI=1S/C22H34O5SSi/c1-21(2,3)29(6,7)27-18-14-22(19(23)25-4,20(24)26-5)13-16(18)15-28-17-11-9-8-10-12-17/h8-12,16,18H,13-15H2,1-7H3/t16?,18-/m0/s1.